The van der Waals surface area contributed by atoms with Gasteiger partial charge in [-0.25, -0.2) is 0 Å². The molecule has 0 saturated carbocycles. The van der Waals surface area contributed by atoms with Gasteiger partial charge in [-0.2, -0.15) is 0 Å². The Morgan fingerprint density at radius 2 is 1.32 bits per heavy atom. The molecule has 0 heterocycles. The Morgan fingerprint density at radius 3 is 1.84 bits per heavy atom. The zero-order valence-corrected chi connectivity index (χ0v) is 16.8. The number of aliphatic hydroxyl groups is 3. The van der Waals surface area contributed by atoms with Gasteiger partial charge in [-0.05, 0) is 12.0 Å². The quantitative estimate of drug-likeness (QED) is 0.222. The summed E-state index contributed by atoms with van der Waals surface area (Å²) in [6.07, 6.45) is 14.3. The minimum absolute atomic E-state index is 0.0182. The van der Waals surface area contributed by atoms with Crippen molar-refractivity contribution in [1.82, 2.24) is 0 Å². The highest BCUT2D eigenvalue weighted by Gasteiger charge is 2.21. The largest absolute Gasteiger partial charge is 0.343 e. The zero-order valence-electron chi connectivity index (χ0n) is 15.8. The van der Waals surface area contributed by atoms with E-state index in [1.807, 2.05) is 18.2 Å². The minimum Gasteiger partial charge on any atom is -0.343 e. The Kier molecular flexibility index (Phi) is 12.4. The first kappa shape index (κ1) is 22.6. The summed E-state index contributed by atoms with van der Waals surface area (Å²) in [7, 11) is 0.314. The van der Waals surface area contributed by atoms with E-state index in [1.165, 1.54) is 63.4 Å². The maximum absolute atomic E-state index is 9.18. The van der Waals surface area contributed by atoms with Gasteiger partial charge in [0, 0.05) is 11.8 Å². The van der Waals surface area contributed by atoms with Crippen molar-refractivity contribution in [2.75, 3.05) is 6.16 Å². The third kappa shape index (κ3) is 12.5. The molecule has 4 heteroatoms. The minimum atomic E-state index is -2.54. The van der Waals surface area contributed by atoms with Gasteiger partial charge in [-0.1, -0.05) is 101 Å². The van der Waals surface area contributed by atoms with Crippen LogP contribution in [0.25, 0.3) is 0 Å². The van der Waals surface area contributed by atoms with E-state index in [0.717, 1.165) is 12.8 Å². The van der Waals surface area contributed by atoms with Crippen LogP contribution in [0.4, 0.5) is 0 Å². The number of rotatable bonds is 15. The average molecular weight is 368 g/mol. The molecule has 0 radical (unpaired) electrons. The van der Waals surface area contributed by atoms with Gasteiger partial charge < -0.3 is 15.3 Å². The SMILES string of the molecule is CCCCCCCCCCCCC(PCC(O)(O)O)c1ccccc1. The monoisotopic (exact) mass is 368 g/mol. The van der Waals surface area contributed by atoms with Crippen molar-refractivity contribution in [1.29, 1.82) is 0 Å². The lowest BCUT2D eigenvalue weighted by Crippen LogP contribution is -2.29. The molecule has 0 fully saturated rings. The summed E-state index contributed by atoms with van der Waals surface area (Å²) < 4.78 is 0. The second-order valence-corrected chi connectivity index (χ2v) is 8.55. The van der Waals surface area contributed by atoms with Crippen molar-refractivity contribution >= 4 is 8.58 Å². The molecule has 144 valence electrons. The van der Waals surface area contributed by atoms with Crippen molar-refractivity contribution in [3.8, 4) is 0 Å². The van der Waals surface area contributed by atoms with Crippen LogP contribution in [0.5, 0.6) is 0 Å². The highest BCUT2D eigenvalue weighted by molar-refractivity contribution is 7.38. The molecule has 3 N–H and O–H groups in total. The molecule has 0 amide bonds. The molecule has 25 heavy (non-hydrogen) atoms. The molecule has 0 spiro atoms. The van der Waals surface area contributed by atoms with Gasteiger partial charge in [-0.3, -0.25) is 0 Å². The standard InChI is InChI=1S/C21H37O3P/c1-2-3-4-5-6-7-8-9-10-14-17-20(25-18-21(22,23)24)19-15-12-11-13-16-19/h11-13,15-16,20,22-25H,2-10,14,17-18H2,1H3. The molecule has 2 atom stereocenters. The summed E-state index contributed by atoms with van der Waals surface area (Å²) in [5.74, 6) is -2.54. The van der Waals surface area contributed by atoms with E-state index in [1.54, 1.807) is 0 Å². The molecular formula is C21H37O3P. The number of benzene rings is 1. The van der Waals surface area contributed by atoms with Crippen LogP contribution in [0.15, 0.2) is 30.3 Å². The fourth-order valence-electron chi connectivity index (χ4n) is 3.17. The predicted octanol–water partition coefficient (Wildman–Crippen LogP) is 5.35. The first-order chi connectivity index (χ1) is 12.0. The topological polar surface area (TPSA) is 60.7 Å². The van der Waals surface area contributed by atoms with E-state index in [4.69, 9.17) is 0 Å². The smallest absolute Gasteiger partial charge is 0.279 e. The van der Waals surface area contributed by atoms with E-state index in [2.05, 4.69) is 19.1 Å². The molecule has 1 rings (SSSR count). The molecule has 2 unspecified atom stereocenters. The van der Waals surface area contributed by atoms with Crippen LogP contribution in [-0.2, 0) is 0 Å². The van der Waals surface area contributed by atoms with Crippen LogP contribution in [0.2, 0.25) is 0 Å². The van der Waals surface area contributed by atoms with E-state index >= 15 is 0 Å². The molecule has 0 aliphatic rings. The highest BCUT2D eigenvalue weighted by atomic mass is 31.1. The molecule has 1 aromatic rings. The van der Waals surface area contributed by atoms with Crippen LogP contribution in [-0.4, -0.2) is 27.5 Å². The van der Waals surface area contributed by atoms with Gasteiger partial charge in [0.05, 0.1) is 0 Å². The molecule has 0 saturated heterocycles. The predicted molar refractivity (Wildman–Crippen MR) is 108 cm³/mol. The molecule has 3 nitrogen and oxygen atoms in total. The van der Waals surface area contributed by atoms with E-state index in [0.29, 0.717) is 14.2 Å². The Labute approximate surface area is 155 Å². The van der Waals surface area contributed by atoms with Gasteiger partial charge in [-0.15, -0.1) is 8.58 Å². The van der Waals surface area contributed by atoms with E-state index < -0.39 is 5.97 Å². The maximum Gasteiger partial charge on any atom is 0.279 e. The molecule has 1 aromatic carbocycles. The number of hydrogen-bond donors (Lipinski definition) is 3. The second kappa shape index (κ2) is 13.7. The van der Waals surface area contributed by atoms with Gasteiger partial charge in [0.15, 0.2) is 0 Å². The fourth-order valence-corrected chi connectivity index (χ4v) is 4.52. The summed E-state index contributed by atoms with van der Waals surface area (Å²) in [6, 6.07) is 10.2. The van der Waals surface area contributed by atoms with Crippen LogP contribution in [0.1, 0.15) is 88.8 Å². The molecule has 0 aliphatic heterocycles. The summed E-state index contributed by atoms with van der Waals surface area (Å²) in [5, 5.41) is 27.5. The van der Waals surface area contributed by atoms with Crippen molar-refractivity contribution in [3.05, 3.63) is 35.9 Å². The van der Waals surface area contributed by atoms with Crippen LogP contribution >= 0.6 is 8.58 Å². The van der Waals surface area contributed by atoms with Crippen LogP contribution < -0.4 is 0 Å². The van der Waals surface area contributed by atoms with Gasteiger partial charge in [0.25, 0.3) is 5.97 Å². The normalized spacial score (nSPS) is 13.6. The zero-order chi connectivity index (χ0) is 18.4. The summed E-state index contributed by atoms with van der Waals surface area (Å²) in [6.45, 7) is 2.25. The van der Waals surface area contributed by atoms with E-state index in [9.17, 15) is 15.3 Å². The Balaban J connectivity index is 2.20. The van der Waals surface area contributed by atoms with Crippen LogP contribution in [0.3, 0.4) is 0 Å². The first-order valence-corrected chi connectivity index (χ1v) is 11.3. The van der Waals surface area contributed by atoms with Crippen LogP contribution in [0, 0.1) is 0 Å². The maximum atomic E-state index is 9.18. The number of hydrogen-bond acceptors (Lipinski definition) is 3. The Hall–Kier alpha value is -0.470. The van der Waals surface area contributed by atoms with Gasteiger partial charge >= 0.3 is 0 Å². The Morgan fingerprint density at radius 1 is 0.800 bits per heavy atom. The highest BCUT2D eigenvalue weighted by Crippen LogP contribution is 2.40. The lowest BCUT2D eigenvalue weighted by molar-refractivity contribution is -0.293. The first-order valence-electron chi connectivity index (χ1n) is 9.98. The van der Waals surface area contributed by atoms with Gasteiger partial charge in [0.2, 0.25) is 0 Å². The third-order valence-electron chi connectivity index (χ3n) is 4.63. The molecular weight excluding hydrogens is 331 g/mol. The van der Waals surface area contributed by atoms with Crippen molar-refractivity contribution in [2.45, 2.75) is 89.2 Å². The fraction of sp³-hybridized carbons (Fsp3) is 0.714. The van der Waals surface area contributed by atoms with Gasteiger partial charge in [0.1, 0.15) is 0 Å². The summed E-state index contributed by atoms with van der Waals surface area (Å²) in [4.78, 5) is 0. The van der Waals surface area contributed by atoms with Crippen molar-refractivity contribution in [3.63, 3.8) is 0 Å². The molecule has 0 aromatic heterocycles. The second-order valence-electron chi connectivity index (χ2n) is 7.09. The summed E-state index contributed by atoms with van der Waals surface area (Å²) in [5.41, 5.74) is 1.54. The van der Waals surface area contributed by atoms with E-state index in [-0.39, 0.29) is 6.16 Å². The van der Waals surface area contributed by atoms with Crippen molar-refractivity contribution < 1.29 is 15.3 Å². The Bertz CT molecular complexity index is 417. The number of unbranched alkanes of at least 4 members (excludes halogenated alkanes) is 9. The van der Waals surface area contributed by atoms with Crippen molar-refractivity contribution in [2.24, 2.45) is 0 Å². The third-order valence-corrected chi connectivity index (χ3v) is 6.43. The lowest BCUT2D eigenvalue weighted by Gasteiger charge is -2.21. The molecule has 0 bridgehead atoms. The lowest BCUT2D eigenvalue weighted by atomic mass is 10.0. The average Bonchev–Trinajstić information content (AvgIpc) is 2.59. The summed E-state index contributed by atoms with van der Waals surface area (Å²) >= 11 is 0. The molecule has 0 aliphatic carbocycles.